The molecule has 0 aliphatic rings. The van der Waals surface area contributed by atoms with E-state index in [-0.39, 0.29) is 0 Å². The fourth-order valence-electron chi connectivity index (χ4n) is 3.83. The molecule has 2 aromatic carbocycles. The van der Waals surface area contributed by atoms with Crippen LogP contribution >= 0.6 is 0 Å². The van der Waals surface area contributed by atoms with Crippen molar-refractivity contribution in [1.82, 2.24) is 0 Å². The second kappa shape index (κ2) is 9.66. The molecule has 3 rings (SSSR count). The highest BCUT2D eigenvalue weighted by Crippen LogP contribution is 2.36. The summed E-state index contributed by atoms with van der Waals surface area (Å²) in [5, 5.41) is 2.53. The molecule has 0 N–H and O–H groups in total. The lowest BCUT2D eigenvalue weighted by Gasteiger charge is -2.26. The van der Waals surface area contributed by atoms with Crippen LogP contribution in [0.4, 0.5) is 5.69 Å². The summed E-state index contributed by atoms with van der Waals surface area (Å²) in [5.74, 6) is 0. The first-order chi connectivity index (χ1) is 12.8. The second-order valence-corrected chi connectivity index (χ2v) is 7.36. The van der Waals surface area contributed by atoms with Crippen molar-refractivity contribution in [2.24, 2.45) is 0 Å². The van der Waals surface area contributed by atoms with Crippen LogP contribution in [0.3, 0.4) is 0 Å². The largest absolute Gasteiger partial charge is 0.456 e. The summed E-state index contributed by atoms with van der Waals surface area (Å²) in [6, 6.07) is 15.0. The van der Waals surface area contributed by atoms with Gasteiger partial charge in [-0.3, -0.25) is 0 Å². The van der Waals surface area contributed by atoms with E-state index in [1.165, 1.54) is 67.8 Å². The molecule has 2 nitrogen and oxygen atoms in total. The Labute approximate surface area is 158 Å². The number of benzene rings is 2. The maximum absolute atomic E-state index is 6.10. The van der Waals surface area contributed by atoms with Gasteiger partial charge in [-0.15, -0.1) is 0 Å². The van der Waals surface area contributed by atoms with Crippen LogP contribution in [-0.2, 0) is 0 Å². The SMILES string of the molecule is CCCCCCN(CCCCCC)c1cccc2oc3ccccc3c12. The van der Waals surface area contributed by atoms with Gasteiger partial charge in [0.2, 0.25) is 0 Å². The molecule has 0 aliphatic carbocycles. The van der Waals surface area contributed by atoms with Crippen LogP contribution in [-0.4, -0.2) is 13.1 Å². The van der Waals surface area contributed by atoms with Crippen molar-refractivity contribution in [2.45, 2.75) is 65.2 Å². The molecule has 0 atom stereocenters. The summed E-state index contributed by atoms with van der Waals surface area (Å²) < 4.78 is 6.10. The van der Waals surface area contributed by atoms with Gasteiger partial charge in [0.1, 0.15) is 11.2 Å². The number of unbranched alkanes of at least 4 members (excludes halogenated alkanes) is 6. The second-order valence-electron chi connectivity index (χ2n) is 7.36. The molecule has 0 saturated carbocycles. The number of hydrogen-bond acceptors (Lipinski definition) is 2. The maximum atomic E-state index is 6.10. The first kappa shape index (κ1) is 18.8. The molecule has 0 fully saturated rings. The van der Waals surface area contributed by atoms with Gasteiger partial charge >= 0.3 is 0 Å². The Hall–Kier alpha value is -1.96. The summed E-state index contributed by atoms with van der Waals surface area (Å²) in [6.07, 6.45) is 10.4. The first-order valence-electron chi connectivity index (χ1n) is 10.5. The summed E-state index contributed by atoms with van der Waals surface area (Å²) in [4.78, 5) is 2.61. The lowest BCUT2D eigenvalue weighted by atomic mass is 10.1. The van der Waals surface area contributed by atoms with Gasteiger partial charge in [-0.05, 0) is 31.0 Å². The smallest absolute Gasteiger partial charge is 0.137 e. The van der Waals surface area contributed by atoms with Crippen LogP contribution in [0.1, 0.15) is 65.2 Å². The van der Waals surface area contributed by atoms with Crippen LogP contribution in [0.2, 0.25) is 0 Å². The standard InChI is InChI=1S/C24H33NO/c1-3-5-7-11-18-25(19-12-8-6-4-2)21-15-13-17-23-24(21)20-14-9-10-16-22(20)26-23/h9-10,13-17H,3-8,11-12,18-19H2,1-2H3. The molecule has 1 heterocycles. The minimum atomic E-state index is 0.992. The number of para-hydroxylation sites is 1. The van der Waals surface area contributed by atoms with E-state index >= 15 is 0 Å². The Morgan fingerprint density at radius 1 is 0.692 bits per heavy atom. The van der Waals surface area contributed by atoms with Crippen LogP contribution in [0.5, 0.6) is 0 Å². The molecular formula is C24H33NO. The fourth-order valence-corrected chi connectivity index (χ4v) is 3.83. The van der Waals surface area contributed by atoms with Crippen molar-refractivity contribution >= 4 is 27.6 Å². The quantitative estimate of drug-likeness (QED) is 0.331. The van der Waals surface area contributed by atoms with Crippen LogP contribution in [0.15, 0.2) is 46.9 Å². The van der Waals surface area contributed by atoms with E-state index in [4.69, 9.17) is 4.42 Å². The van der Waals surface area contributed by atoms with E-state index < -0.39 is 0 Å². The third-order valence-electron chi connectivity index (χ3n) is 5.28. The van der Waals surface area contributed by atoms with E-state index in [0.29, 0.717) is 0 Å². The molecule has 0 spiro atoms. The monoisotopic (exact) mass is 351 g/mol. The molecule has 0 aliphatic heterocycles. The van der Waals surface area contributed by atoms with E-state index in [1.807, 2.05) is 0 Å². The molecule has 0 amide bonds. The molecule has 26 heavy (non-hydrogen) atoms. The van der Waals surface area contributed by atoms with E-state index in [2.05, 4.69) is 61.2 Å². The normalized spacial score (nSPS) is 11.5. The molecule has 0 bridgehead atoms. The highest BCUT2D eigenvalue weighted by Gasteiger charge is 2.15. The molecule has 0 saturated heterocycles. The topological polar surface area (TPSA) is 16.4 Å². The predicted octanol–water partition coefficient (Wildman–Crippen LogP) is 7.55. The molecule has 3 aromatic rings. The van der Waals surface area contributed by atoms with Gasteiger partial charge in [0.15, 0.2) is 0 Å². The van der Waals surface area contributed by atoms with Gasteiger partial charge in [-0.2, -0.15) is 0 Å². The van der Waals surface area contributed by atoms with Crippen molar-refractivity contribution in [3.8, 4) is 0 Å². The number of anilines is 1. The van der Waals surface area contributed by atoms with E-state index in [1.54, 1.807) is 0 Å². The summed E-state index contributed by atoms with van der Waals surface area (Å²) in [6.45, 7) is 6.84. The zero-order valence-corrected chi connectivity index (χ0v) is 16.5. The average Bonchev–Trinajstić information content (AvgIpc) is 3.05. The van der Waals surface area contributed by atoms with Gasteiger partial charge in [-0.1, -0.05) is 76.6 Å². The van der Waals surface area contributed by atoms with E-state index in [9.17, 15) is 0 Å². The third kappa shape index (κ3) is 4.41. The van der Waals surface area contributed by atoms with Gasteiger partial charge in [0.05, 0.1) is 5.39 Å². The molecule has 0 unspecified atom stereocenters. The summed E-state index contributed by atoms with van der Waals surface area (Å²) in [5.41, 5.74) is 3.35. The van der Waals surface area contributed by atoms with Gasteiger partial charge < -0.3 is 9.32 Å². The highest BCUT2D eigenvalue weighted by atomic mass is 16.3. The first-order valence-corrected chi connectivity index (χ1v) is 10.5. The molecule has 140 valence electrons. The maximum Gasteiger partial charge on any atom is 0.137 e. The van der Waals surface area contributed by atoms with Gasteiger partial charge in [0.25, 0.3) is 0 Å². The zero-order chi connectivity index (χ0) is 18.2. The molecule has 2 heteroatoms. The van der Waals surface area contributed by atoms with Crippen LogP contribution in [0.25, 0.3) is 21.9 Å². The lowest BCUT2D eigenvalue weighted by Crippen LogP contribution is -2.26. The number of nitrogens with zero attached hydrogens (tertiary/aromatic N) is 1. The summed E-state index contributed by atoms with van der Waals surface area (Å²) in [7, 11) is 0. The van der Waals surface area contributed by atoms with Gasteiger partial charge in [-0.25, -0.2) is 0 Å². The number of fused-ring (bicyclic) bond motifs is 3. The summed E-state index contributed by atoms with van der Waals surface area (Å²) >= 11 is 0. The Kier molecular flexibility index (Phi) is 6.99. The molecule has 0 radical (unpaired) electrons. The Morgan fingerprint density at radius 2 is 1.35 bits per heavy atom. The average molecular weight is 352 g/mol. The van der Waals surface area contributed by atoms with Crippen molar-refractivity contribution < 1.29 is 4.42 Å². The minimum absolute atomic E-state index is 0.992. The van der Waals surface area contributed by atoms with E-state index in [0.717, 1.165) is 24.3 Å². The predicted molar refractivity (Wildman–Crippen MR) is 114 cm³/mol. The van der Waals surface area contributed by atoms with Crippen molar-refractivity contribution in [1.29, 1.82) is 0 Å². The zero-order valence-electron chi connectivity index (χ0n) is 16.5. The molecular weight excluding hydrogens is 318 g/mol. The van der Waals surface area contributed by atoms with Crippen molar-refractivity contribution in [3.05, 3.63) is 42.5 Å². The third-order valence-corrected chi connectivity index (χ3v) is 5.28. The Morgan fingerprint density at radius 3 is 2.04 bits per heavy atom. The fraction of sp³-hybridized carbons (Fsp3) is 0.500. The number of rotatable bonds is 11. The van der Waals surface area contributed by atoms with Crippen molar-refractivity contribution in [3.63, 3.8) is 0 Å². The Bertz CT molecular complexity index is 792. The Balaban J connectivity index is 1.88. The number of hydrogen-bond donors (Lipinski definition) is 0. The lowest BCUT2D eigenvalue weighted by molar-refractivity contribution is 0.609. The van der Waals surface area contributed by atoms with Gasteiger partial charge in [0, 0.05) is 24.2 Å². The minimum Gasteiger partial charge on any atom is -0.456 e. The molecule has 1 aromatic heterocycles. The highest BCUT2D eigenvalue weighted by molar-refractivity contribution is 6.11. The number of furan rings is 1. The van der Waals surface area contributed by atoms with Crippen LogP contribution in [0, 0.1) is 0 Å². The van der Waals surface area contributed by atoms with Crippen LogP contribution < -0.4 is 4.90 Å². The van der Waals surface area contributed by atoms with Crippen molar-refractivity contribution in [2.75, 3.05) is 18.0 Å².